The summed E-state index contributed by atoms with van der Waals surface area (Å²) in [5, 5.41) is 16.7. The van der Waals surface area contributed by atoms with Gasteiger partial charge in [-0.15, -0.1) is 0 Å². The number of nitrogens with one attached hydrogen (secondary N) is 4. The Labute approximate surface area is 217 Å². The lowest BCUT2D eigenvalue weighted by Crippen LogP contribution is -2.42. The maximum absolute atomic E-state index is 12.2. The van der Waals surface area contributed by atoms with E-state index in [4.69, 9.17) is 21.3 Å². The summed E-state index contributed by atoms with van der Waals surface area (Å²) < 4.78 is 6.49. The standard InChI is InChI=1S/C24H25ClN8O4/c1-13(20-22(34)31-23(35)30-20)17-12-26-33-19(28-15-6-8-32(9-7-15)24(36)37-2)11-18(29-21(17)33)27-16-5-3-4-14(25)10-16/h3-5,10-12,15,28H,6-9H2,1-2H3,(H,27,29)(H2,30,31,34,35)/b20-13-. The van der Waals surface area contributed by atoms with E-state index in [0.29, 0.717) is 46.5 Å². The fourth-order valence-corrected chi connectivity index (χ4v) is 4.61. The smallest absolute Gasteiger partial charge is 0.409 e. The van der Waals surface area contributed by atoms with Gasteiger partial charge in [-0.2, -0.15) is 9.61 Å². The van der Waals surface area contributed by atoms with Gasteiger partial charge >= 0.3 is 12.1 Å². The van der Waals surface area contributed by atoms with Crippen molar-refractivity contribution in [2.75, 3.05) is 30.8 Å². The van der Waals surface area contributed by atoms with Crippen molar-refractivity contribution in [3.63, 3.8) is 0 Å². The first-order valence-electron chi connectivity index (χ1n) is 11.7. The van der Waals surface area contributed by atoms with E-state index in [9.17, 15) is 14.4 Å². The SMILES string of the molecule is COC(=O)N1CCC(Nc2cc(Nc3cccc(Cl)c3)nc3c(/C(C)=C4\NC(=O)NC4=O)cnn23)CC1. The van der Waals surface area contributed by atoms with E-state index in [1.807, 2.05) is 18.2 Å². The molecule has 0 saturated carbocycles. The molecular formula is C24H25ClN8O4. The average Bonchev–Trinajstić information content (AvgIpc) is 3.46. The van der Waals surface area contributed by atoms with Crippen LogP contribution in [0.1, 0.15) is 25.3 Å². The van der Waals surface area contributed by atoms with Gasteiger partial charge in [-0.05, 0) is 43.5 Å². The third kappa shape index (κ3) is 5.00. The number of benzene rings is 1. The minimum absolute atomic E-state index is 0.0810. The number of carbonyl (C=O) groups is 3. The Hall–Kier alpha value is -4.32. The molecule has 4 N–H and O–H groups in total. The van der Waals surface area contributed by atoms with Crippen LogP contribution >= 0.6 is 11.6 Å². The second kappa shape index (κ2) is 9.97. The van der Waals surface area contributed by atoms with E-state index in [1.54, 1.807) is 34.7 Å². The molecule has 192 valence electrons. The van der Waals surface area contributed by atoms with E-state index >= 15 is 0 Å². The molecule has 2 aliphatic heterocycles. The summed E-state index contributed by atoms with van der Waals surface area (Å²) >= 11 is 6.16. The largest absolute Gasteiger partial charge is 0.453 e. The van der Waals surface area contributed by atoms with Gasteiger partial charge in [0.2, 0.25) is 0 Å². The highest BCUT2D eigenvalue weighted by atomic mass is 35.5. The Kier molecular flexibility index (Phi) is 6.57. The number of piperidine rings is 1. The van der Waals surface area contributed by atoms with Crippen LogP contribution in [0.15, 0.2) is 42.2 Å². The topological polar surface area (TPSA) is 142 Å². The highest BCUT2D eigenvalue weighted by Gasteiger charge is 2.28. The maximum Gasteiger partial charge on any atom is 0.409 e. The van der Waals surface area contributed by atoms with Gasteiger partial charge in [-0.1, -0.05) is 17.7 Å². The van der Waals surface area contributed by atoms with Crippen molar-refractivity contribution in [3.05, 3.63) is 52.8 Å². The van der Waals surface area contributed by atoms with Crippen LogP contribution in [0, 0.1) is 0 Å². The molecule has 0 unspecified atom stereocenters. The Bertz CT molecular complexity index is 1430. The normalized spacial score (nSPS) is 17.4. The first-order chi connectivity index (χ1) is 17.8. The van der Waals surface area contributed by atoms with Crippen molar-refractivity contribution in [1.29, 1.82) is 0 Å². The molecule has 0 radical (unpaired) electrons. The summed E-state index contributed by atoms with van der Waals surface area (Å²) in [4.78, 5) is 42.2. The zero-order valence-electron chi connectivity index (χ0n) is 20.2. The number of carbonyl (C=O) groups excluding carboxylic acids is 3. The molecule has 2 aromatic heterocycles. The van der Waals surface area contributed by atoms with Gasteiger partial charge in [-0.25, -0.2) is 14.6 Å². The van der Waals surface area contributed by atoms with Gasteiger partial charge in [0.15, 0.2) is 5.65 Å². The monoisotopic (exact) mass is 524 g/mol. The molecule has 2 fully saturated rings. The molecular weight excluding hydrogens is 500 g/mol. The van der Waals surface area contributed by atoms with Crippen molar-refractivity contribution < 1.29 is 19.1 Å². The number of hydrogen-bond acceptors (Lipinski definition) is 8. The predicted octanol–water partition coefficient (Wildman–Crippen LogP) is 3.34. The van der Waals surface area contributed by atoms with Gasteiger partial charge < -0.3 is 25.6 Å². The van der Waals surface area contributed by atoms with Gasteiger partial charge in [0.1, 0.15) is 17.3 Å². The van der Waals surface area contributed by atoms with Crippen molar-refractivity contribution in [1.82, 2.24) is 30.1 Å². The van der Waals surface area contributed by atoms with Crippen LogP contribution in [0.5, 0.6) is 0 Å². The minimum Gasteiger partial charge on any atom is -0.453 e. The lowest BCUT2D eigenvalue weighted by molar-refractivity contribution is -0.115. The summed E-state index contributed by atoms with van der Waals surface area (Å²) in [7, 11) is 1.38. The van der Waals surface area contributed by atoms with E-state index in [-0.39, 0.29) is 17.8 Å². The molecule has 0 atom stereocenters. The van der Waals surface area contributed by atoms with E-state index in [0.717, 1.165) is 18.5 Å². The number of likely N-dealkylation sites (tertiary alicyclic amines) is 1. The Morgan fingerprint density at radius 3 is 2.65 bits per heavy atom. The van der Waals surface area contributed by atoms with Crippen LogP contribution in [0.25, 0.3) is 11.2 Å². The molecule has 1 aromatic carbocycles. The number of methoxy groups -OCH3 is 1. The molecule has 4 amide bonds. The highest BCUT2D eigenvalue weighted by Crippen LogP contribution is 2.29. The predicted molar refractivity (Wildman–Crippen MR) is 138 cm³/mol. The number of allylic oxidation sites excluding steroid dienone is 1. The number of imide groups is 1. The van der Waals surface area contributed by atoms with Gasteiger partial charge in [0.25, 0.3) is 5.91 Å². The Balaban J connectivity index is 1.51. The second-order valence-electron chi connectivity index (χ2n) is 8.74. The van der Waals surface area contributed by atoms with Gasteiger partial charge in [0.05, 0.1) is 13.3 Å². The van der Waals surface area contributed by atoms with Crippen molar-refractivity contribution >= 4 is 58.2 Å². The molecule has 5 rings (SSSR count). The molecule has 2 aliphatic rings. The number of aromatic nitrogens is 3. The number of anilines is 3. The van der Waals surface area contributed by atoms with Crippen LogP contribution in [-0.2, 0) is 9.53 Å². The quantitative estimate of drug-likeness (QED) is 0.294. The first kappa shape index (κ1) is 24.4. The van der Waals surface area contributed by atoms with Crippen LogP contribution in [-0.4, -0.2) is 63.8 Å². The lowest BCUT2D eigenvalue weighted by Gasteiger charge is -2.31. The van der Waals surface area contributed by atoms with Crippen molar-refractivity contribution in [2.24, 2.45) is 0 Å². The first-order valence-corrected chi connectivity index (χ1v) is 12.0. The van der Waals surface area contributed by atoms with Gasteiger partial charge in [0, 0.05) is 41.5 Å². The third-order valence-electron chi connectivity index (χ3n) is 6.32. The number of hydrogen-bond donors (Lipinski definition) is 4. The fraction of sp³-hybridized carbons (Fsp3) is 0.292. The van der Waals surface area contributed by atoms with Crippen LogP contribution in [0.2, 0.25) is 5.02 Å². The summed E-state index contributed by atoms with van der Waals surface area (Å²) in [5.41, 5.74) is 2.51. The number of nitrogens with zero attached hydrogens (tertiary/aromatic N) is 4. The summed E-state index contributed by atoms with van der Waals surface area (Å²) in [6.07, 6.45) is 2.72. The number of halogens is 1. The zero-order chi connectivity index (χ0) is 26.1. The van der Waals surface area contributed by atoms with E-state index < -0.39 is 11.9 Å². The molecule has 12 nitrogen and oxygen atoms in total. The molecule has 13 heteroatoms. The van der Waals surface area contributed by atoms with Crippen LogP contribution in [0.3, 0.4) is 0 Å². The maximum atomic E-state index is 12.2. The van der Waals surface area contributed by atoms with Crippen molar-refractivity contribution in [3.8, 4) is 0 Å². The highest BCUT2D eigenvalue weighted by molar-refractivity contribution is 6.30. The van der Waals surface area contributed by atoms with E-state index in [2.05, 4.69) is 26.4 Å². The molecule has 0 bridgehead atoms. The fourth-order valence-electron chi connectivity index (χ4n) is 4.42. The Morgan fingerprint density at radius 1 is 1.19 bits per heavy atom. The Morgan fingerprint density at radius 2 is 1.97 bits per heavy atom. The van der Waals surface area contributed by atoms with Gasteiger partial charge in [-0.3, -0.25) is 10.1 Å². The minimum atomic E-state index is -0.576. The summed E-state index contributed by atoms with van der Waals surface area (Å²) in [6.45, 7) is 2.86. The summed E-state index contributed by atoms with van der Waals surface area (Å²) in [5.74, 6) is 0.699. The molecule has 4 heterocycles. The summed E-state index contributed by atoms with van der Waals surface area (Å²) in [6, 6.07) is 8.61. The number of fused-ring (bicyclic) bond motifs is 1. The number of urea groups is 1. The average molecular weight is 525 g/mol. The molecule has 37 heavy (non-hydrogen) atoms. The number of rotatable bonds is 5. The molecule has 0 aliphatic carbocycles. The van der Waals surface area contributed by atoms with E-state index in [1.165, 1.54) is 7.11 Å². The van der Waals surface area contributed by atoms with Crippen LogP contribution < -0.4 is 21.3 Å². The molecule has 2 saturated heterocycles. The number of amides is 4. The molecule has 0 spiro atoms. The lowest BCUT2D eigenvalue weighted by atomic mass is 10.1. The zero-order valence-corrected chi connectivity index (χ0v) is 20.9. The number of ether oxygens (including phenoxy) is 1. The second-order valence-corrected chi connectivity index (χ2v) is 9.18. The molecule has 3 aromatic rings. The third-order valence-corrected chi connectivity index (χ3v) is 6.56. The van der Waals surface area contributed by atoms with Crippen LogP contribution in [0.4, 0.5) is 26.9 Å². The van der Waals surface area contributed by atoms with Crippen molar-refractivity contribution in [2.45, 2.75) is 25.8 Å².